The lowest BCUT2D eigenvalue weighted by Crippen LogP contribution is -2.38. The molecule has 12 nitrogen and oxygen atoms in total. The van der Waals surface area contributed by atoms with Crippen molar-refractivity contribution >= 4 is 17.5 Å². The fraction of sp³-hybridized carbons (Fsp3) is 0.316. The number of benzene rings is 3. The zero-order chi connectivity index (χ0) is 36.6. The van der Waals surface area contributed by atoms with Gasteiger partial charge in [0.15, 0.2) is 11.6 Å². The van der Waals surface area contributed by atoms with E-state index in [1.54, 1.807) is 17.9 Å². The molecule has 3 aromatic carbocycles. The number of ether oxygens (including phenoxy) is 4. The van der Waals surface area contributed by atoms with Crippen molar-refractivity contribution in [3.8, 4) is 28.8 Å². The molecule has 14 heteroatoms. The fourth-order valence-corrected chi connectivity index (χ4v) is 5.50. The zero-order valence-corrected chi connectivity index (χ0v) is 29.5. The largest absolute Gasteiger partial charge is 0.497 e. The number of rotatable bonds is 13. The second-order valence-corrected chi connectivity index (χ2v) is 12.6. The molecule has 0 bridgehead atoms. The number of amides is 2. The molecule has 0 aliphatic carbocycles. The van der Waals surface area contributed by atoms with Crippen LogP contribution in [0.3, 0.4) is 0 Å². The number of methoxy groups -OCH3 is 1. The Hall–Kier alpha value is -5.60. The Labute approximate surface area is 300 Å². The van der Waals surface area contributed by atoms with Gasteiger partial charge in [-0.2, -0.15) is 14.5 Å². The van der Waals surface area contributed by atoms with Gasteiger partial charge in [0.2, 0.25) is 11.7 Å². The molecule has 52 heavy (non-hydrogen) atoms. The van der Waals surface area contributed by atoms with Crippen LogP contribution < -0.4 is 24.8 Å². The summed E-state index contributed by atoms with van der Waals surface area (Å²) < 4.78 is 54.6. The summed E-state index contributed by atoms with van der Waals surface area (Å²) >= 11 is 0. The van der Waals surface area contributed by atoms with Crippen molar-refractivity contribution in [2.45, 2.75) is 33.1 Å². The lowest BCUT2D eigenvalue weighted by atomic mass is 10.1. The van der Waals surface area contributed by atoms with Crippen LogP contribution in [0.4, 0.5) is 25.1 Å². The van der Waals surface area contributed by atoms with Gasteiger partial charge in [0.05, 0.1) is 37.4 Å². The summed E-state index contributed by atoms with van der Waals surface area (Å²) in [5.41, 5.74) is 3.00. The molecule has 0 spiro atoms. The van der Waals surface area contributed by atoms with Crippen LogP contribution in [0.2, 0.25) is 0 Å². The highest BCUT2D eigenvalue weighted by molar-refractivity contribution is 5.99. The van der Waals surface area contributed by atoms with Crippen LogP contribution in [0.25, 0.3) is 5.69 Å². The van der Waals surface area contributed by atoms with Gasteiger partial charge in [-0.3, -0.25) is 10.2 Å². The molecule has 0 radical (unpaired) electrons. The van der Waals surface area contributed by atoms with Crippen LogP contribution in [0, 0.1) is 18.6 Å². The summed E-state index contributed by atoms with van der Waals surface area (Å²) in [5, 5.41) is 9.70. The summed E-state index contributed by atoms with van der Waals surface area (Å²) in [6, 6.07) is 18.0. The van der Waals surface area contributed by atoms with Gasteiger partial charge in [-0.1, -0.05) is 31.5 Å². The number of halogens is 2. The SMILES string of the molecule is COc1cc(Cc2nccc(Oc3ccc(NC(=O)Nc4cc(C(C)C)nn4-c4ccc(C)cc4)c(F)c3F)n2)cc(OCCN2CCOCC2)c1. The van der Waals surface area contributed by atoms with Crippen LogP contribution >= 0.6 is 0 Å². The Kier molecular flexibility index (Phi) is 11.6. The van der Waals surface area contributed by atoms with Crippen molar-refractivity contribution in [1.29, 1.82) is 0 Å². The Morgan fingerprint density at radius 1 is 0.962 bits per heavy atom. The van der Waals surface area contributed by atoms with E-state index in [9.17, 15) is 4.79 Å². The molecule has 1 aliphatic rings. The van der Waals surface area contributed by atoms with Gasteiger partial charge in [0.25, 0.3) is 0 Å². The van der Waals surface area contributed by atoms with E-state index in [4.69, 9.17) is 18.9 Å². The number of carbonyl (C=O) groups excluding carboxylic acids is 1. The smallest absolute Gasteiger partial charge is 0.324 e. The highest BCUT2D eigenvalue weighted by Gasteiger charge is 2.20. The molecule has 0 atom stereocenters. The number of hydrogen-bond acceptors (Lipinski definition) is 9. The highest BCUT2D eigenvalue weighted by atomic mass is 19.2. The van der Waals surface area contributed by atoms with Gasteiger partial charge >= 0.3 is 6.03 Å². The highest BCUT2D eigenvalue weighted by Crippen LogP contribution is 2.30. The Morgan fingerprint density at radius 2 is 1.73 bits per heavy atom. The number of aryl methyl sites for hydroxylation is 1. The number of aromatic nitrogens is 4. The van der Waals surface area contributed by atoms with Crippen LogP contribution in [-0.2, 0) is 11.2 Å². The predicted octanol–water partition coefficient (Wildman–Crippen LogP) is 7.12. The van der Waals surface area contributed by atoms with Crippen molar-refractivity contribution in [3.63, 3.8) is 0 Å². The summed E-state index contributed by atoms with van der Waals surface area (Å²) in [7, 11) is 1.58. The van der Waals surface area contributed by atoms with Crippen molar-refractivity contribution in [2.24, 2.45) is 0 Å². The van der Waals surface area contributed by atoms with Crippen molar-refractivity contribution in [1.82, 2.24) is 24.6 Å². The van der Waals surface area contributed by atoms with Gasteiger partial charge in [-0.05, 0) is 54.8 Å². The topological polar surface area (TPSA) is 125 Å². The molecule has 1 aliphatic heterocycles. The minimum atomic E-state index is -1.30. The first-order chi connectivity index (χ1) is 25.1. The molecule has 2 amide bonds. The minimum absolute atomic E-state index is 0.0111. The quantitative estimate of drug-likeness (QED) is 0.131. The van der Waals surface area contributed by atoms with E-state index >= 15 is 8.78 Å². The number of morpholine rings is 1. The summed E-state index contributed by atoms with van der Waals surface area (Å²) in [6.07, 6.45) is 1.77. The minimum Gasteiger partial charge on any atom is -0.497 e. The van der Waals surface area contributed by atoms with Gasteiger partial charge < -0.3 is 24.3 Å². The van der Waals surface area contributed by atoms with Gasteiger partial charge in [-0.25, -0.2) is 18.9 Å². The van der Waals surface area contributed by atoms with E-state index in [0.29, 0.717) is 36.2 Å². The lowest BCUT2D eigenvalue weighted by Gasteiger charge is -2.26. The molecular formula is C38H41F2N7O5. The van der Waals surface area contributed by atoms with Gasteiger partial charge in [0, 0.05) is 50.5 Å². The normalized spacial score (nSPS) is 13.2. The third-order valence-electron chi connectivity index (χ3n) is 8.35. The first kappa shape index (κ1) is 36.2. The van der Waals surface area contributed by atoms with E-state index < -0.39 is 23.4 Å². The molecule has 1 fully saturated rings. The first-order valence-corrected chi connectivity index (χ1v) is 17.0. The second-order valence-electron chi connectivity index (χ2n) is 12.6. The molecule has 2 N–H and O–H groups in total. The predicted molar refractivity (Wildman–Crippen MR) is 192 cm³/mol. The molecule has 2 aromatic heterocycles. The number of anilines is 2. The van der Waals surface area contributed by atoms with Crippen LogP contribution in [-0.4, -0.2) is 77.2 Å². The standard InChI is InChI=1S/C38H41F2N7O5/c1-24(2)31-23-34(47(45-31)27-7-5-25(3)6-8-27)44-38(48)42-30-9-10-32(37(40)36(30)39)52-35-11-12-41-33(43-35)21-26-19-28(49-4)22-29(20-26)51-18-15-46-13-16-50-17-14-46/h5-12,19-20,22-24H,13-18,21H2,1-4H3,(H2,42,44,48). The maximum absolute atomic E-state index is 15.3. The number of urea groups is 1. The third kappa shape index (κ3) is 9.19. The van der Waals surface area contributed by atoms with E-state index in [0.717, 1.165) is 55.4 Å². The maximum Gasteiger partial charge on any atom is 0.324 e. The van der Waals surface area contributed by atoms with Gasteiger partial charge in [-0.15, -0.1) is 0 Å². The van der Waals surface area contributed by atoms with Crippen LogP contribution in [0.15, 0.2) is 72.9 Å². The summed E-state index contributed by atoms with van der Waals surface area (Å²) in [5.74, 6) is -0.897. The average Bonchev–Trinajstić information content (AvgIpc) is 3.56. The molecule has 0 saturated carbocycles. The summed E-state index contributed by atoms with van der Waals surface area (Å²) in [6.45, 7) is 10.4. The number of nitrogens with one attached hydrogen (secondary N) is 2. The maximum atomic E-state index is 15.3. The van der Waals surface area contributed by atoms with E-state index in [-0.39, 0.29) is 17.5 Å². The van der Waals surface area contributed by atoms with Crippen LogP contribution in [0.5, 0.6) is 23.1 Å². The fourth-order valence-electron chi connectivity index (χ4n) is 5.50. The van der Waals surface area contributed by atoms with E-state index in [2.05, 4.69) is 30.6 Å². The lowest BCUT2D eigenvalue weighted by molar-refractivity contribution is 0.0322. The average molecular weight is 714 g/mol. The number of hydrogen-bond donors (Lipinski definition) is 2. The zero-order valence-electron chi connectivity index (χ0n) is 29.5. The molecular weight excluding hydrogens is 672 g/mol. The van der Waals surface area contributed by atoms with Crippen LogP contribution in [0.1, 0.15) is 42.4 Å². The van der Waals surface area contributed by atoms with E-state index in [1.165, 1.54) is 24.4 Å². The second kappa shape index (κ2) is 16.6. The molecule has 5 aromatic rings. The van der Waals surface area contributed by atoms with Crippen molar-refractivity contribution in [2.75, 3.05) is 57.2 Å². The Balaban J connectivity index is 1.10. The van der Waals surface area contributed by atoms with Gasteiger partial charge in [0.1, 0.15) is 29.7 Å². The molecule has 0 unspecified atom stereocenters. The summed E-state index contributed by atoms with van der Waals surface area (Å²) in [4.78, 5) is 24.0. The molecule has 272 valence electrons. The first-order valence-electron chi connectivity index (χ1n) is 17.0. The number of nitrogens with zero attached hydrogens (tertiary/aromatic N) is 5. The molecule has 6 rings (SSSR count). The Morgan fingerprint density at radius 3 is 2.48 bits per heavy atom. The Bertz CT molecular complexity index is 2000. The van der Waals surface area contributed by atoms with Crippen molar-refractivity contribution < 1.29 is 32.5 Å². The molecule has 3 heterocycles. The van der Waals surface area contributed by atoms with Crippen molar-refractivity contribution in [3.05, 3.63) is 107 Å². The molecule has 1 saturated heterocycles. The monoisotopic (exact) mass is 713 g/mol. The number of carbonyl (C=O) groups is 1. The van der Waals surface area contributed by atoms with E-state index in [1.807, 2.05) is 63.2 Å². The third-order valence-corrected chi connectivity index (χ3v) is 8.35.